The zero-order chi connectivity index (χ0) is 13.8. The Hall–Kier alpha value is -1.92. The van der Waals surface area contributed by atoms with Crippen molar-refractivity contribution in [2.24, 2.45) is 0 Å². The molecule has 0 bridgehead atoms. The first kappa shape index (κ1) is 13.5. The number of phenolic OH excluding ortho intramolecular Hbond substituents is 1. The van der Waals surface area contributed by atoms with Gasteiger partial charge in [0.2, 0.25) is 0 Å². The fourth-order valence-corrected chi connectivity index (χ4v) is 2.38. The van der Waals surface area contributed by atoms with Gasteiger partial charge in [-0.2, -0.15) is 0 Å². The van der Waals surface area contributed by atoms with Gasteiger partial charge in [-0.1, -0.05) is 6.08 Å². The third-order valence-corrected chi connectivity index (χ3v) is 3.29. The molecule has 6 heteroatoms. The molecule has 2 rings (SSSR count). The summed E-state index contributed by atoms with van der Waals surface area (Å²) in [7, 11) is 0. The third-order valence-electron chi connectivity index (χ3n) is 3.29. The smallest absolute Gasteiger partial charge is 0.274 e. The SMILES string of the molecule is C=C[C@@H](c1cc(O)ccc1[N+](=O)[O-])N1CCNCC1. The summed E-state index contributed by atoms with van der Waals surface area (Å²) in [5.41, 5.74) is 0.503. The van der Waals surface area contributed by atoms with Gasteiger partial charge in [0.05, 0.1) is 16.5 Å². The van der Waals surface area contributed by atoms with E-state index >= 15 is 0 Å². The first-order chi connectivity index (χ1) is 9.13. The number of hydrogen-bond donors (Lipinski definition) is 2. The summed E-state index contributed by atoms with van der Waals surface area (Å²) in [6.07, 6.45) is 1.69. The maximum Gasteiger partial charge on any atom is 0.274 e. The van der Waals surface area contributed by atoms with E-state index < -0.39 is 4.92 Å². The van der Waals surface area contributed by atoms with Gasteiger partial charge in [-0.25, -0.2) is 0 Å². The predicted octanol–water partition coefficient (Wildman–Crippen LogP) is 1.43. The van der Waals surface area contributed by atoms with Gasteiger partial charge >= 0.3 is 0 Å². The Morgan fingerprint density at radius 1 is 1.47 bits per heavy atom. The van der Waals surface area contributed by atoms with E-state index in [9.17, 15) is 15.2 Å². The molecule has 102 valence electrons. The van der Waals surface area contributed by atoms with Gasteiger partial charge in [-0.3, -0.25) is 15.0 Å². The number of nitro groups is 1. The van der Waals surface area contributed by atoms with E-state index in [2.05, 4.69) is 16.8 Å². The maximum atomic E-state index is 11.1. The Kier molecular flexibility index (Phi) is 4.13. The van der Waals surface area contributed by atoms with Gasteiger partial charge in [0.1, 0.15) is 5.75 Å². The number of nitrogens with zero attached hydrogens (tertiary/aromatic N) is 2. The van der Waals surface area contributed by atoms with Crippen LogP contribution < -0.4 is 5.32 Å². The Balaban J connectivity index is 2.38. The molecule has 1 heterocycles. The van der Waals surface area contributed by atoms with Crippen LogP contribution in [0.3, 0.4) is 0 Å². The van der Waals surface area contributed by atoms with Gasteiger partial charge in [0.15, 0.2) is 0 Å². The van der Waals surface area contributed by atoms with E-state index in [1.165, 1.54) is 18.2 Å². The number of benzene rings is 1. The van der Waals surface area contributed by atoms with Crippen molar-refractivity contribution in [1.29, 1.82) is 0 Å². The van der Waals surface area contributed by atoms with Gasteiger partial charge in [-0.15, -0.1) is 6.58 Å². The van der Waals surface area contributed by atoms with Crippen LogP contribution >= 0.6 is 0 Å². The minimum atomic E-state index is -0.423. The molecular formula is C13H17N3O3. The fourth-order valence-electron chi connectivity index (χ4n) is 2.38. The molecule has 0 radical (unpaired) electrons. The monoisotopic (exact) mass is 263 g/mol. The molecule has 19 heavy (non-hydrogen) atoms. The highest BCUT2D eigenvalue weighted by Gasteiger charge is 2.26. The van der Waals surface area contributed by atoms with E-state index in [0.29, 0.717) is 5.56 Å². The Morgan fingerprint density at radius 3 is 2.74 bits per heavy atom. The molecule has 0 aliphatic carbocycles. The van der Waals surface area contributed by atoms with Crippen molar-refractivity contribution in [2.45, 2.75) is 6.04 Å². The normalized spacial score (nSPS) is 17.9. The number of aromatic hydroxyl groups is 1. The number of nitrogens with one attached hydrogen (secondary N) is 1. The lowest BCUT2D eigenvalue weighted by Gasteiger charge is -2.33. The minimum Gasteiger partial charge on any atom is -0.508 e. The molecule has 2 N–H and O–H groups in total. The summed E-state index contributed by atoms with van der Waals surface area (Å²) in [4.78, 5) is 12.8. The van der Waals surface area contributed by atoms with Crippen molar-refractivity contribution >= 4 is 5.69 Å². The summed E-state index contributed by atoms with van der Waals surface area (Å²) >= 11 is 0. The van der Waals surface area contributed by atoms with Crippen LogP contribution in [0.2, 0.25) is 0 Å². The number of piperazine rings is 1. The van der Waals surface area contributed by atoms with Gasteiger partial charge in [0, 0.05) is 32.2 Å². The predicted molar refractivity (Wildman–Crippen MR) is 72.1 cm³/mol. The molecule has 1 aliphatic heterocycles. The summed E-state index contributed by atoms with van der Waals surface area (Å²) < 4.78 is 0. The maximum absolute atomic E-state index is 11.1. The number of rotatable bonds is 4. The quantitative estimate of drug-likeness (QED) is 0.488. The van der Waals surface area contributed by atoms with Crippen LogP contribution in [0.4, 0.5) is 5.69 Å². The van der Waals surface area contributed by atoms with E-state index in [4.69, 9.17) is 0 Å². The second kappa shape index (κ2) is 5.81. The molecule has 1 aromatic rings. The second-order valence-corrected chi connectivity index (χ2v) is 4.47. The van der Waals surface area contributed by atoms with Crippen molar-refractivity contribution in [1.82, 2.24) is 10.2 Å². The zero-order valence-corrected chi connectivity index (χ0v) is 10.6. The van der Waals surface area contributed by atoms with Crippen molar-refractivity contribution in [2.75, 3.05) is 26.2 Å². The molecule has 0 amide bonds. The molecule has 0 aromatic heterocycles. The van der Waals surface area contributed by atoms with E-state index in [1.54, 1.807) is 6.08 Å². The first-order valence-corrected chi connectivity index (χ1v) is 6.18. The standard InChI is InChI=1S/C13H17N3O3/c1-2-12(15-7-5-14-6-8-15)11-9-10(17)3-4-13(11)16(18)19/h2-4,9,12,14,17H,1,5-8H2/t12-/m0/s1. The van der Waals surface area contributed by atoms with Gasteiger partial charge < -0.3 is 10.4 Å². The highest BCUT2D eigenvalue weighted by molar-refractivity contribution is 5.48. The molecule has 1 fully saturated rings. The zero-order valence-electron chi connectivity index (χ0n) is 10.6. The minimum absolute atomic E-state index is 0.0150. The Morgan fingerprint density at radius 2 is 2.16 bits per heavy atom. The van der Waals surface area contributed by atoms with Crippen molar-refractivity contribution < 1.29 is 10.0 Å². The van der Waals surface area contributed by atoms with Gasteiger partial charge in [0.25, 0.3) is 5.69 Å². The average molecular weight is 263 g/mol. The largest absolute Gasteiger partial charge is 0.508 e. The van der Waals surface area contributed by atoms with Crippen LogP contribution in [-0.2, 0) is 0 Å². The van der Waals surface area contributed by atoms with Crippen LogP contribution in [0.1, 0.15) is 11.6 Å². The van der Waals surface area contributed by atoms with Crippen molar-refractivity contribution in [3.8, 4) is 5.75 Å². The molecule has 0 saturated carbocycles. The number of nitro benzene ring substituents is 1. The topological polar surface area (TPSA) is 78.6 Å². The van der Waals surface area contributed by atoms with Gasteiger partial charge in [-0.05, 0) is 12.1 Å². The summed E-state index contributed by atoms with van der Waals surface area (Å²) in [6.45, 7) is 7.06. The molecule has 6 nitrogen and oxygen atoms in total. The van der Waals surface area contributed by atoms with Crippen LogP contribution in [0.15, 0.2) is 30.9 Å². The average Bonchev–Trinajstić information content (AvgIpc) is 2.40. The fraction of sp³-hybridized carbons (Fsp3) is 0.385. The molecule has 1 aliphatic rings. The molecule has 1 aromatic carbocycles. The molecule has 0 unspecified atom stereocenters. The Labute approximate surface area is 111 Å². The molecule has 1 saturated heterocycles. The number of phenols is 1. The van der Waals surface area contributed by atoms with Crippen LogP contribution in [0.5, 0.6) is 5.75 Å². The first-order valence-electron chi connectivity index (χ1n) is 6.18. The lowest BCUT2D eigenvalue weighted by atomic mass is 10.0. The third kappa shape index (κ3) is 2.91. The van der Waals surface area contributed by atoms with Crippen molar-refractivity contribution in [3.05, 3.63) is 46.5 Å². The van der Waals surface area contributed by atoms with Crippen LogP contribution in [0, 0.1) is 10.1 Å². The Bertz CT molecular complexity index is 484. The molecule has 0 spiro atoms. The highest BCUT2D eigenvalue weighted by atomic mass is 16.6. The lowest BCUT2D eigenvalue weighted by Crippen LogP contribution is -2.44. The van der Waals surface area contributed by atoms with E-state index in [0.717, 1.165) is 26.2 Å². The summed E-state index contributed by atoms with van der Waals surface area (Å²) in [6, 6.07) is 3.87. The van der Waals surface area contributed by atoms with Crippen molar-refractivity contribution in [3.63, 3.8) is 0 Å². The van der Waals surface area contributed by atoms with E-state index in [-0.39, 0.29) is 17.5 Å². The summed E-state index contributed by atoms with van der Waals surface area (Å²) in [5, 5.41) is 23.9. The lowest BCUT2D eigenvalue weighted by molar-refractivity contribution is -0.385. The van der Waals surface area contributed by atoms with Crippen LogP contribution in [0.25, 0.3) is 0 Å². The highest BCUT2D eigenvalue weighted by Crippen LogP contribution is 2.33. The van der Waals surface area contributed by atoms with E-state index in [1.807, 2.05) is 0 Å². The molecule has 1 atom stereocenters. The summed E-state index contributed by atoms with van der Waals surface area (Å²) in [5.74, 6) is 0.0302. The number of hydrogen-bond acceptors (Lipinski definition) is 5. The van der Waals surface area contributed by atoms with Crippen LogP contribution in [-0.4, -0.2) is 41.1 Å². The molecular weight excluding hydrogens is 246 g/mol. The second-order valence-electron chi connectivity index (χ2n) is 4.47.